The lowest BCUT2D eigenvalue weighted by atomic mass is 9.97. The minimum absolute atomic E-state index is 0.150. The topological polar surface area (TPSA) is 26.0 Å². The van der Waals surface area contributed by atoms with Gasteiger partial charge in [0.05, 0.1) is 0 Å². The van der Waals surface area contributed by atoms with Gasteiger partial charge in [0.25, 0.3) is 0 Å². The summed E-state index contributed by atoms with van der Waals surface area (Å²) in [5, 5.41) is 0. The van der Waals surface area contributed by atoms with Crippen LogP contribution in [-0.4, -0.2) is 0 Å². The Kier molecular flexibility index (Phi) is 4.97. The number of nitrogens with two attached hydrogens (primary N) is 1. The number of hydrogen-bond donors (Lipinski definition) is 1. The van der Waals surface area contributed by atoms with Crippen molar-refractivity contribution >= 4 is 0 Å². The Hall–Kier alpha value is -1.60. The highest BCUT2D eigenvalue weighted by Gasteiger charge is 2.04. The second kappa shape index (κ2) is 6.71. The van der Waals surface area contributed by atoms with Gasteiger partial charge in [-0.15, -0.1) is 0 Å². The fourth-order valence-electron chi connectivity index (χ4n) is 2.46. The minimum atomic E-state index is 0.150. The van der Waals surface area contributed by atoms with Crippen LogP contribution in [0.15, 0.2) is 48.5 Å². The van der Waals surface area contributed by atoms with Crippen molar-refractivity contribution in [3.8, 4) is 11.1 Å². The van der Waals surface area contributed by atoms with Crippen LogP contribution in [0.4, 0.5) is 0 Å². The molecule has 0 bridgehead atoms. The highest BCUT2D eigenvalue weighted by atomic mass is 14.6. The van der Waals surface area contributed by atoms with Crippen molar-refractivity contribution < 1.29 is 0 Å². The van der Waals surface area contributed by atoms with Gasteiger partial charge in [0.2, 0.25) is 0 Å². The molecule has 106 valence electrons. The maximum absolute atomic E-state index is 6.05. The molecule has 2 aromatic carbocycles. The SMILES string of the molecule is CCC(N)c1ccc(-c2ccc(CC(C)C)cc2)cc1. The molecule has 0 fully saturated rings. The molecule has 1 atom stereocenters. The van der Waals surface area contributed by atoms with Gasteiger partial charge in [-0.3, -0.25) is 0 Å². The molecule has 0 amide bonds. The summed E-state index contributed by atoms with van der Waals surface area (Å²) >= 11 is 0. The van der Waals surface area contributed by atoms with Crippen molar-refractivity contribution in [2.75, 3.05) is 0 Å². The van der Waals surface area contributed by atoms with E-state index in [-0.39, 0.29) is 6.04 Å². The van der Waals surface area contributed by atoms with Crippen LogP contribution in [0.3, 0.4) is 0 Å². The summed E-state index contributed by atoms with van der Waals surface area (Å²) in [6, 6.07) is 17.7. The highest BCUT2D eigenvalue weighted by molar-refractivity contribution is 5.64. The van der Waals surface area contributed by atoms with E-state index in [2.05, 4.69) is 69.3 Å². The zero-order chi connectivity index (χ0) is 14.5. The molecule has 2 aromatic rings. The molecular formula is C19H25N. The van der Waals surface area contributed by atoms with E-state index in [1.54, 1.807) is 0 Å². The Balaban J connectivity index is 2.15. The lowest BCUT2D eigenvalue weighted by Crippen LogP contribution is -2.08. The minimum Gasteiger partial charge on any atom is -0.324 e. The first-order valence-electron chi connectivity index (χ1n) is 7.55. The van der Waals surface area contributed by atoms with E-state index in [1.165, 1.54) is 22.3 Å². The molecule has 2 rings (SSSR count). The maximum Gasteiger partial charge on any atom is 0.0292 e. The molecule has 0 saturated carbocycles. The Morgan fingerprint density at radius 1 is 0.850 bits per heavy atom. The first-order chi connectivity index (χ1) is 9.60. The standard InChI is InChI=1S/C19H25N/c1-4-19(20)18-11-9-17(10-12-18)16-7-5-15(6-8-16)13-14(2)3/h5-12,14,19H,4,13,20H2,1-3H3. The molecule has 1 nitrogen and oxygen atoms in total. The predicted molar refractivity (Wildman–Crippen MR) is 87.6 cm³/mol. The van der Waals surface area contributed by atoms with Gasteiger partial charge in [0.15, 0.2) is 0 Å². The Labute approximate surface area is 122 Å². The third-order valence-electron chi connectivity index (χ3n) is 3.71. The molecule has 0 saturated heterocycles. The molecule has 0 heterocycles. The normalized spacial score (nSPS) is 12.7. The highest BCUT2D eigenvalue weighted by Crippen LogP contribution is 2.23. The molecule has 2 N–H and O–H groups in total. The second-order valence-corrected chi connectivity index (χ2v) is 5.93. The van der Waals surface area contributed by atoms with E-state index in [0.29, 0.717) is 5.92 Å². The summed E-state index contributed by atoms with van der Waals surface area (Å²) in [5.41, 5.74) is 11.2. The second-order valence-electron chi connectivity index (χ2n) is 5.93. The number of hydrogen-bond acceptors (Lipinski definition) is 1. The zero-order valence-corrected chi connectivity index (χ0v) is 12.8. The van der Waals surface area contributed by atoms with Gasteiger partial charge in [-0.1, -0.05) is 69.3 Å². The summed E-state index contributed by atoms with van der Waals surface area (Å²) < 4.78 is 0. The largest absolute Gasteiger partial charge is 0.324 e. The van der Waals surface area contributed by atoms with Gasteiger partial charge in [-0.05, 0) is 41.0 Å². The van der Waals surface area contributed by atoms with Crippen molar-refractivity contribution in [2.24, 2.45) is 11.7 Å². The van der Waals surface area contributed by atoms with Crippen LogP contribution in [0.25, 0.3) is 11.1 Å². The summed E-state index contributed by atoms with van der Waals surface area (Å²) in [4.78, 5) is 0. The van der Waals surface area contributed by atoms with Gasteiger partial charge in [0.1, 0.15) is 0 Å². The Bertz CT molecular complexity index is 523. The summed E-state index contributed by atoms with van der Waals surface area (Å²) in [7, 11) is 0. The van der Waals surface area contributed by atoms with Crippen molar-refractivity contribution in [1.29, 1.82) is 0 Å². The van der Waals surface area contributed by atoms with Gasteiger partial charge >= 0.3 is 0 Å². The van der Waals surface area contributed by atoms with E-state index in [1.807, 2.05) is 0 Å². The van der Waals surface area contributed by atoms with E-state index in [0.717, 1.165) is 12.8 Å². The van der Waals surface area contributed by atoms with Crippen LogP contribution >= 0.6 is 0 Å². The average molecular weight is 267 g/mol. The lowest BCUT2D eigenvalue weighted by Gasteiger charge is -2.10. The van der Waals surface area contributed by atoms with Crippen LogP contribution in [0.1, 0.15) is 44.4 Å². The van der Waals surface area contributed by atoms with Gasteiger partial charge in [0, 0.05) is 6.04 Å². The van der Waals surface area contributed by atoms with Crippen LogP contribution in [0, 0.1) is 5.92 Å². The number of rotatable bonds is 5. The van der Waals surface area contributed by atoms with Crippen LogP contribution in [0.2, 0.25) is 0 Å². The Morgan fingerprint density at radius 2 is 1.35 bits per heavy atom. The molecule has 20 heavy (non-hydrogen) atoms. The van der Waals surface area contributed by atoms with Crippen molar-refractivity contribution in [3.05, 3.63) is 59.7 Å². The van der Waals surface area contributed by atoms with Crippen molar-refractivity contribution in [3.63, 3.8) is 0 Å². The molecule has 1 heteroatoms. The average Bonchev–Trinajstić information content (AvgIpc) is 2.47. The van der Waals surface area contributed by atoms with Crippen LogP contribution in [-0.2, 0) is 6.42 Å². The van der Waals surface area contributed by atoms with E-state index in [9.17, 15) is 0 Å². The monoisotopic (exact) mass is 267 g/mol. The van der Waals surface area contributed by atoms with Crippen LogP contribution < -0.4 is 5.73 Å². The maximum atomic E-state index is 6.05. The molecule has 0 aliphatic heterocycles. The van der Waals surface area contributed by atoms with Gasteiger partial charge < -0.3 is 5.73 Å². The van der Waals surface area contributed by atoms with E-state index < -0.39 is 0 Å². The molecule has 0 aromatic heterocycles. The van der Waals surface area contributed by atoms with Gasteiger partial charge in [-0.25, -0.2) is 0 Å². The summed E-state index contributed by atoms with van der Waals surface area (Å²) in [5.74, 6) is 0.704. The molecule has 0 aliphatic rings. The molecule has 1 unspecified atom stereocenters. The van der Waals surface area contributed by atoms with Crippen molar-refractivity contribution in [1.82, 2.24) is 0 Å². The summed E-state index contributed by atoms with van der Waals surface area (Å²) in [6.45, 7) is 6.62. The first-order valence-corrected chi connectivity index (χ1v) is 7.55. The quantitative estimate of drug-likeness (QED) is 0.814. The molecule has 0 aliphatic carbocycles. The molecular weight excluding hydrogens is 242 g/mol. The zero-order valence-electron chi connectivity index (χ0n) is 12.8. The van der Waals surface area contributed by atoms with Gasteiger partial charge in [-0.2, -0.15) is 0 Å². The fraction of sp³-hybridized carbons (Fsp3) is 0.368. The lowest BCUT2D eigenvalue weighted by molar-refractivity contribution is 0.647. The fourth-order valence-corrected chi connectivity index (χ4v) is 2.46. The predicted octanol–water partition coefficient (Wildman–Crippen LogP) is 4.96. The Morgan fingerprint density at radius 3 is 1.80 bits per heavy atom. The van der Waals surface area contributed by atoms with Crippen molar-refractivity contribution in [2.45, 2.75) is 39.7 Å². The van der Waals surface area contributed by atoms with E-state index in [4.69, 9.17) is 5.73 Å². The first kappa shape index (κ1) is 14.8. The third kappa shape index (κ3) is 3.71. The smallest absolute Gasteiger partial charge is 0.0292 e. The molecule has 0 spiro atoms. The summed E-state index contributed by atoms with van der Waals surface area (Å²) in [6.07, 6.45) is 2.12. The third-order valence-corrected chi connectivity index (χ3v) is 3.71. The van der Waals surface area contributed by atoms with E-state index >= 15 is 0 Å². The number of benzene rings is 2. The van der Waals surface area contributed by atoms with Crippen LogP contribution in [0.5, 0.6) is 0 Å². The molecule has 0 radical (unpaired) electrons.